The molecule has 0 radical (unpaired) electrons. The summed E-state index contributed by atoms with van der Waals surface area (Å²) >= 11 is 0. The molecule has 1 amide bonds. The second-order valence-corrected chi connectivity index (χ2v) is 7.29. The van der Waals surface area contributed by atoms with E-state index in [-0.39, 0.29) is 17.9 Å². The zero-order chi connectivity index (χ0) is 16.6. The van der Waals surface area contributed by atoms with Gasteiger partial charge in [0.15, 0.2) is 0 Å². The molecule has 0 saturated heterocycles. The minimum absolute atomic E-state index is 0.0590. The third-order valence-corrected chi connectivity index (χ3v) is 5.82. The van der Waals surface area contributed by atoms with E-state index in [2.05, 4.69) is 0 Å². The van der Waals surface area contributed by atoms with E-state index in [1.807, 2.05) is 24.3 Å². The number of amides is 1. The standard InChI is InChI=1S/C16H15FN2O3S/c17-13-5-7-14(8-6-13)23(21,22)19-10-12-4-2-1-3-11(12)9-15(19)16(18)20/h1-8,15H,9-10H2,(H2,18,20)/t15-/m0/s1. The van der Waals surface area contributed by atoms with Gasteiger partial charge in [0.1, 0.15) is 11.9 Å². The predicted octanol–water partition coefficient (Wildman–Crippen LogP) is 1.43. The number of carbonyl (C=O) groups excluding carboxylic acids is 1. The van der Waals surface area contributed by atoms with Gasteiger partial charge < -0.3 is 5.73 Å². The van der Waals surface area contributed by atoms with Crippen molar-refractivity contribution >= 4 is 15.9 Å². The number of primary amides is 1. The molecule has 1 atom stereocenters. The lowest BCUT2D eigenvalue weighted by Crippen LogP contribution is -2.50. The minimum atomic E-state index is -3.95. The molecule has 2 N–H and O–H groups in total. The van der Waals surface area contributed by atoms with Crippen molar-refractivity contribution in [3.05, 3.63) is 65.5 Å². The van der Waals surface area contributed by atoms with Gasteiger partial charge in [0, 0.05) is 6.54 Å². The van der Waals surface area contributed by atoms with Crippen LogP contribution in [0.4, 0.5) is 4.39 Å². The fourth-order valence-corrected chi connectivity index (χ4v) is 4.31. The van der Waals surface area contributed by atoms with Gasteiger partial charge in [0.2, 0.25) is 15.9 Å². The van der Waals surface area contributed by atoms with E-state index in [0.29, 0.717) is 0 Å². The second kappa shape index (κ2) is 5.75. The Bertz CT molecular complexity index is 850. The lowest BCUT2D eigenvalue weighted by molar-refractivity contribution is -0.122. The molecule has 1 aliphatic rings. The number of hydrogen-bond acceptors (Lipinski definition) is 3. The van der Waals surface area contributed by atoms with Crippen LogP contribution in [0.3, 0.4) is 0 Å². The van der Waals surface area contributed by atoms with Crippen molar-refractivity contribution in [1.29, 1.82) is 0 Å². The molecule has 2 aromatic carbocycles. The topological polar surface area (TPSA) is 80.5 Å². The first-order valence-electron chi connectivity index (χ1n) is 7.03. The quantitative estimate of drug-likeness (QED) is 0.922. The molecule has 120 valence electrons. The number of benzene rings is 2. The normalized spacial score (nSPS) is 18.4. The van der Waals surface area contributed by atoms with Crippen LogP contribution in [0.5, 0.6) is 0 Å². The molecule has 0 unspecified atom stereocenters. The Hall–Kier alpha value is -2.25. The molecule has 1 heterocycles. The third kappa shape index (κ3) is 2.85. The van der Waals surface area contributed by atoms with Gasteiger partial charge in [-0.2, -0.15) is 4.31 Å². The van der Waals surface area contributed by atoms with E-state index in [1.165, 1.54) is 12.1 Å². The molecule has 1 aliphatic heterocycles. The Balaban J connectivity index is 2.05. The molecular formula is C16H15FN2O3S. The van der Waals surface area contributed by atoms with Gasteiger partial charge in [-0.1, -0.05) is 24.3 Å². The Morgan fingerprint density at radius 1 is 1.09 bits per heavy atom. The highest BCUT2D eigenvalue weighted by atomic mass is 32.2. The summed E-state index contributed by atoms with van der Waals surface area (Å²) in [7, 11) is -3.95. The number of fused-ring (bicyclic) bond motifs is 1. The van der Waals surface area contributed by atoms with Gasteiger partial charge in [-0.05, 0) is 41.8 Å². The zero-order valence-corrected chi connectivity index (χ0v) is 13.0. The fraction of sp³-hybridized carbons (Fsp3) is 0.188. The molecule has 3 rings (SSSR count). The summed E-state index contributed by atoms with van der Waals surface area (Å²) in [6, 6.07) is 10.9. The van der Waals surface area contributed by atoms with Crippen molar-refractivity contribution in [3.8, 4) is 0 Å². The van der Waals surface area contributed by atoms with Crippen LogP contribution < -0.4 is 5.73 Å². The molecule has 0 aromatic heterocycles. The highest BCUT2D eigenvalue weighted by Gasteiger charge is 2.38. The van der Waals surface area contributed by atoms with Gasteiger partial charge in [0.05, 0.1) is 4.90 Å². The van der Waals surface area contributed by atoms with Crippen LogP contribution in [0.25, 0.3) is 0 Å². The summed E-state index contributed by atoms with van der Waals surface area (Å²) in [6.45, 7) is 0.0590. The number of hydrogen-bond donors (Lipinski definition) is 1. The molecule has 0 saturated carbocycles. The average Bonchev–Trinajstić information content (AvgIpc) is 2.54. The van der Waals surface area contributed by atoms with E-state index in [4.69, 9.17) is 5.73 Å². The number of halogens is 1. The van der Waals surface area contributed by atoms with Gasteiger partial charge in [-0.15, -0.1) is 0 Å². The average molecular weight is 334 g/mol. The van der Waals surface area contributed by atoms with Crippen LogP contribution in [0.2, 0.25) is 0 Å². The van der Waals surface area contributed by atoms with Crippen LogP contribution in [0.1, 0.15) is 11.1 Å². The summed E-state index contributed by atoms with van der Waals surface area (Å²) in [5, 5.41) is 0. The molecular weight excluding hydrogens is 319 g/mol. The highest BCUT2D eigenvalue weighted by molar-refractivity contribution is 7.89. The fourth-order valence-electron chi connectivity index (χ4n) is 2.74. The maximum Gasteiger partial charge on any atom is 0.244 e. The Morgan fingerprint density at radius 2 is 1.70 bits per heavy atom. The van der Waals surface area contributed by atoms with E-state index in [0.717, 1.165) is 27.6 Å². The summed E-state index contributed by atoms with van der Waals surface area (Å²) in [6.07, 6.45) is 0.228. The van der Waals surface area contributed by atoms with Crippen molar-refractivity contribution in [3.63, 3.8) is 0 Å². The van der Waals surface area contributed by atoms with E-state index < -0.39 is 27.8 Å². The van der Waals surface area contributed by atoms with E-state index in [1.54, 1.807) is 0 Å². The molecule has 0 bridgehead atoms. The van der Waals surface area contributed by atoms with E-state index >= 15 is 0 Å². The predicted molar refractivity (Wildman–Crippen MR) is 82.3 cm³/mol. The van der Waals surface area contributed by atoms with Gasteiger partial charge in [-0.25, -0.2) is 12.8 Å². The minimum Gasteiger partial charge on any atom is -0.368 e. The van der Waals surface area contributed by atoms with Crippen LogP contribution >= 0.6 is 0 Å². The maximum atomic E-state index is 13.0. The van der Waals surface area contributed by atoms with Crippen molar-refractivity contribution in [2.75, 3.05) is 0 Å². The molecule has 7 heteroatoms. The smallest absolute Gasteiger partial charge is 0.244 e. The first-order valence-corrected chi connectivity index (χ1v) is 8.47. The summed E-state index contributed by atoms with van der Waals surface area (Å²) in [5.74, 6) is -1.23. The van der Waals surface area contributed by atoms with Gasteiger partial charge in [-0.3, -0.25) is 4.79 Å². The van der Waals surface area contributed by atoms with Crippen LogP contribution in [0.15, 0.2) is 53.4 Å². The molecule has 0 fully saturated rings. The molecule has 23 heavy (non-hydrogen) atoms. The Labute approximate surface area is 133 Å². The second-order valence-electron chi connectivity index (χ2n) is 5.40. The van der Waals surface area contributed by atoms with Crippen LogP contribution in [-0.4, -0.2) is 24.7 Å². The zero-order valence-electron chi connectivity index (χ0n) is 12.1. The summed E-state index contributed by atoms with van der Waals surface area (Å²) in [4.78, 5) is 11.7. The van der Waals surface area contributed by atoms with Crippen molar-refractivity contribution in [1.82, 2.24) is 4.31 Å². The van der Waals surface area contributed by atoms with Gasteiger partial charge >= 0.3 is 0 Å². The number of sulfonamides is 1. The highest BCUT2D eigenvalue weighted by Crippen LogP contribution is 2.29. The molecule has 0 aliphatic carbocycles. The van der Waals surface area contributed by atoms with Crippen LogP contribution in [0, 0.1) is 5.82 Å². The van der Waals surface area contributed by atoms with Crippen LogP contribution in [-0.2, 0) is 27.8 Å². The van der Waals surface area contributed by atoms with Crippen molar-refractivity contribution in [2.24, 2.45) is 5.73 Å². The molecule has 0 spiro atoms. The lowest BCUT2D eigenvalue weighted by Gasteiger charge is -2.34. The number of carbonyl (C=O) groups is 1. The Morgan fingerprint density at radius 3 is 2.30 bits per heavy atom. The van der Waals surface area contributed by atoms with E-state index in [9.17, 15) is 17.6 Å². The lowest BCUT2D eigenvalue weighted by atomic mass is 9.96. The Kier molecular flexibility index (Phi) is 3.91. The monoisotopic (exact) mass is 334 g/mol. The SMILES string of the molecule is NC(=O)[C@@H]1Cc2ccccc2CN1S(=O)(=O)c1ccc(F)cc1. The first kappa shape index (κ1) is 15.6. The van der Waals surface area contributed by atoms with Gasteiger partial charge in [0.25, 0.3) is 0 Å². The number of nitrogens with zero attached hydrogens (tertiary/aromatic N) is 1. The number of rotatable bonds is 3. The largest absolute Gasteiger partial charge is 0.368 e. The number of nitrogens with two attached hydrogens (primary N) is 1. The summed E-state index contributed by atoms with van der Waals surface area (Å²) < 4.78 is 39.8. The van der Waals surface area contributed by atoms with Crippen molar-refractivity contribution < 1.29 is 17.6 Å². The van der Waals surface area contributed by atoms with Crippen molar-refractivity contribution in [2.45, 2.75) is 23.9 Å². The maximum absolute atomic E-state index is 13.0. The molecule has 2 aromatic rings. The first-order chi connectivity index (χ1) is 10.9. The third-order valence-electron chi connectivity index (χ3n) is 3.95. The molecule has 5 nitrogen and oxygen atoms in total. The summed E-state index contributed by atoms with van der Waals surface area (Å²) in [5.41, 5.74) is 7.14.